The van der Waals surface area contributed by atoms with Crippen LogP contribution in [0.25, 0.3) is 12.2 Å². The maximum Gasteiger partial charge on any atom is 0.243 e. The Morgan fingerprint density at radius 3 is 2.35 bits per heavy atom. The minimum absolute atomic E-state index is 0.00130. The SMILES string of the molecule is C=c1cccc(S(=O)(=O)N(C)C)c1=C1C=CC=CC1S(N)(=O)=O. The third kappa shape index (κ3) is 3.30. The molecule has 1 aliphatic rings. The molecule has 8 heteroatoms. The molecule has 1 unspecified atom stereocenters. The van der Waals surface area contributed by atoms with Gasteiger partial charge in [-0.1, -0.05) is 43.0 Å². The highest BCUT2D eigenvalue weighted by atomic mass is 32.2. The van der Waals surface area contributed by atoms with Gasteiger partial charge in [0.15, 0.2) is 0 Å². The summed E-state index contributed by atoms with van der Waals surface area (Å²) in [7, 11) is -4.88. The maximum atomic E-state index is 12.6. The van der Waals surface area contributed by atoms with Crippen molar-refractivity contribution in [1.82, 2.24) is 4.31 Å². The molecule has 0 heterocycles. The standard InChI is InChI=1S/C15H18N2O4S2/c1-11-7-6-10-14(23(20,21)17(2)3)15(11)12-8-4-5-9-13(12)22(16,18)19/h4-10,13H,1H2,2-3H3,(H2,16,18,19). The molecule has 0 fully saturated rings. The lowest BCUT2D eigenvalue weighted by atomic mass is 10.0. The van der Waals surface area contributed by atoms with Crippen molar-refractivity contribution in [3.05, 3.63) is 52.9 Å². The van der Waals surface area contributed by atoms with Crippen LogP contribution in [0.4, 0.5) is 0 Å². The van der Waals surface area contributed by atoms with Gasteiger partial charge in [-0.15, -0.1) is 0 Å². The molecule has 0 spiro atoms. The van der Waals surface area contributed by atoms with Crippen molar-refractivity contribution in [3.63, 3.8) is 0 Å². The van der Waals surface area contributed by atoms with Gasteiger partial charge in [0.25, 0.3) is 0 Å². The lowest BCUT2D eigenvalue weighted by Gasteiger charge is -2.18. The van der Waals surface area contributed by atoms with Crippen LogP contribution in [-0.4, -0.2) is 40.5 Å². The van der Waals surface area contributed by atoms with Crippen LogP contribution in [0.5, 0.6) is 0 Å². The molecule has 2 rings (SSSR count). The summed E-state index contributed by atoms with van der Waals surface area (Å²) in [6, 6.07) is 4.62. The molecule has 0 saturated carbocycles. The van der Waals surface area contributed by atoms with Gasteiger partial charge in [0.05, 0.1) is 4.90 Å². The summed E-state index contributed by atoms with van der Waals surface area (Å²) in [6.45, 7) is 3.85. The number of nitrogens with two attached hydrogens (primary N) is 1. The second-order valence-corrected chi connectivity index (χ2v) is 9.09. The van der Waals surface area contributed by atoms with Gasteiger partial charge >= 0.3 is 0 Å². The number of primary sulfonamides is 1. The van der Waals surface area contributed by atoms with Gasteiger partial charge in [-0.05, 0) is 16.9 Å². The highest BCUT2D eigenvalue weighted by Crippen LogP contribution is 2.18. The Morgan fingerprint density at radius 2 is 1.78 bits per heavy atom. The highest BCUT2D eigenvalue weighted by Gasteiger charge is 2.27. The molecule has 0 aliphatic heterocycles. The Balaban J connectivity index is 3.01. The lowest BCUT2D eigenvalue weighted by Crippen LogP contribution is -2.40. The monoisotopic (exact) mass is 354 g/mol. The highest BCUT2D eigenvalue weighted by molar-refractivity contribution is 7.90. The second kappa shape index (κ2) is 6.04. The number of benzene rings is 1. The molecule has 1 aromatic rings. The van der Waals surface area contributed by atoms with Crippen LogP contribution < -0.4 is 15.6 Å². The number of nitrogens with zero attached hydrogens (tertiary/aromatic N) is 1. The number of hydrogen-bond acceptors (Lipinski definition) is 4. The average Bonchev–Trinajstić information content (AvgIpc) is 2.46. The molecule has 0 saturated heterocycles. The van der Waals surface area contributed by atoms with Gasteiger partial charge in [-0.2, -0.15) is 0 Å². The Bertz CT molecular complexity index is 1000. The Kier molecular flexibility index (Phi) is 4.63. The van der Waals surface area contributed by atoms with Gasteiger partial charge in [-0.3, -0.25) is 0 Å². The fourth-order valence-electron chi connectivity index (χ4n) is 2.35. The normalized spacial score (nSPS) is 21.0. The van der Waals surface area contributed by atoms with E-state index in [-0.39, 0.29) is 10.1 Å². The summed E-state index contributed by atoms with van der Waals surface area (Å²) in [4.78, 5) is -0.00130. The van der Waals surface area contributed by atoms with Crippen molar-refractivity contribution in [1.29, 1.82) is 0 Å². The molecule has 2 N–H and O–H groups in total. The van der Waals surface area contributed by atoms with Crippen LogP contribution in [-0.2, 0) is 20.0 Å². The summed E-state index contributed by atoms with van der Waals surface area (Å²) >= 11 is 0. The molecule has 1 atom stereocenters. The minimum atomic E-state index is -3.93. The van der Waals surface area contributed by atoms with E-state index in [1.165, 1.54) is 26.2 Å². The van der Waals surface area contributed by atoms with Gasteiger partial charge in [0.1, 0.15) is 5.25 Å². The molecule has 1 aromatic carbocycles. The van der Waals surface area contributed by atoms with Crippen molar-refractivity contribution >= 4 is 32.2 Å². The average molecular weight is 354 g/mol. The number of rotatable bonds is 3. The van der Waals surface area contributed by atoms with Crippen molar-refractivity contribution in [2.24, 2.45) is 5.14 Å². The van der Waals surface area contributed by atoms with Gasteiger partial charge in [0, 0.05) is 19.3 Å². The first-order chi connectivity index (χ1) is 10.6. The first kappa shape index (κ1) is 17.6. The van der Waals surface area contributed by atoms with E-state index >= 15 is 0 Å². The van der Waals surface area contributed by atoms with Crippen molar-refractivity contribution in [3.8, 4) is 0 Å². The van der Waals surface area contributed by atoms with E-state index in [0.29, 0.717) is 10.8 Å². The molecule has 124 valence electrons. The first-order valence-corrected chi connectivity index (χ1v) is 9.73. The van der Waals surface area contributed by atoms with Crippen molar-refractivity contribution < 1.29 is 16.8 Å². The van der Waals surface area contributed by atoms with E-state index < -0.39 is 25.3 Å². The van der Waals surface area contributed by atoms with Crippen LogP contribution in [0.2, 0.25) is 0 Å². The van der Waals surface area contributed by atoms with E-state index in [1.54, 1.807) is 30.4 Å². The number of sulfonamides is 2. The maximum absolute atomic E-state index is 12.6. The van der Waals surface area contributed by atoms with Crippen molar-refractivity contribution in [2.75, 3.05) is 14.1 Å². The van der Waals surface area contributed by atoms with Crippen LogP contribution in [0.1, 0.15) is 0 Å². The molecular weight excluding hydrogens is 336 g/mol. The number of allylic oxidation sites excluding steroid dienone is 3. The van der Waals surface area contributed by atoms with E-state index in [9.17, 15) is 16.8 Å². The Labute approximate surface area is 136 Å². The topological polar surface area (TPSA) is 97.5 Å². The van der Waals surface area contributed by atoms with Crippen LogP contribution in [0, 0.1) is 0 Å². The third-order valence-electron chi connectivity index (χ3n) is 3.49. The third-order valence-corrected chi connectivity index (χ3v) is 6.47. The van der Waals surface area contributed by atoms with E-state index in [2.05, 4.69) is 6.58 Å². The number of hydrogen-bond donors (Lipinski definition) is 1. The largest absolute Gasteiger partial charge is 0.243 e. The summed E-state index contributed by atoms with van der Waals surface area (Å²) in [5.41, 5.74) is 0.293. The fraction of sp³-hybridized carbons (Fsp3) is 0.200. The van der Waals surface area contributed by atoms with Gasteiger partial charge in [0.2, 0.25) is 20.0 Å². The predicted molar refractivity (Wildman–Crippen MR) is 90.7 cm³/mol. The minimum Gasteiger partial charge on any atom is -0.228 e. The molecule has 23 heavy (non-hydrogen) atoms. The summed E-state index contributed by atoms with van der Waals surface area (Å²) in [5, 5.41) is 4.85. The smallest absolute Gasteiger partial charge is 0.228 e. The van der Waals surface area contributed by atoms with Crippen molar-refractivity contribution in [2.45, 2.75) is 10.1 Å². The first-order valence-electron chi connectivity index (χ1n) is 6.68. The molecule has 0 aromatic heterocycles. The second-order valence-electron chi connectivity index (χ2n) is 5.29. The fourth-order valence-corrected chi connectivity index (χ4v) is 4.36. The van der Waals surface area contributed by atoms with Gasteiger partial charge < -0.3 is 0 Å². The quantitative estimate of drug-likeness (QED) is 0.775. The predicted octanol–water partition coefficient (Wildman–Crippen LogP) is -0.719. The summed E-state index contributed by atoms with van der Waals surface area (Å²) < 4.78 is 49.9. The summed E-state index contributed by atoms with van der Waals surface area (Å²) in [6.07, 6.45) is 6.16. The van der Waals surface area contributed by atoms with Crippen LogP contribution in [0.15, 0.2) is 47.4 Å². The molecule has 0 bridgehead atoms. The van der Waals surface area contributed by atoms with E-state index in [4.69, 9.17) is 5.14 Å². The van der Waals surface area contributed by atoms with Crippen LogP contribution in [0.3, 0.4) is 0 Å². The lowest BCUT2D eigenvalue weighted by molar-refractivity contribution is 0.520. The van der Waals surface area contributed by atoms with E-state index in [1.807, 2.05) is 0 Å². The molecule has 0 amide bonds. The zero-order chi connectivity index (χ0) is 17.4. The van der Waals surface area contributed by atoms with Gasteiger partial charge in [-0.25, -0.2) is 26.3 Å². The zero-order valence-electron chi connectivity index (χ0n) is 12.8. The summed E-state index contributed by atoms with van der Waals surface area (Å²) in [5.74, 6) is 0. The van der Waals surface area contributed by atoms with E-state index in [0.717, 1.165) is 4.31 Å². The molecular formula is C15H18N2O4S2. The Morgan fingerprint density at radius 1 is 1.13 bits per heavy atom. The molecule has 0 radical (unpaired) electrons. The zero-order valence-corrected chi connectivity index (χ0v) is 14.4. The van der Waals surface area contributed by atoms with Crippen LogP contribution >= 0.6 is 0 Å². The molecule has 6 nitrogen and oxygen atoms in total. The Hall–Kier alpha value is -1.74. The molecule has 1 aliphatic carbocycles.